The Kier molecular flexibility index (Phi) is 2.93. The Bertz CT molecular complexity index is 545. The largest absolute Gasteiger partial charge is 0.398 e. The average molecular weight is 264 g/mol. The molecule has 0 unspecified atom stereocenters. The number of rotatable bonds is 2. The Balaban J connectivity index is 1.79. The summed E-state index contributed by atoms with van der Waals surface area (Å²) in [7, 11) is 0. The Hall–Kier alpha value is -1.59. The lowest BCUT2D eigenvalue weighted by molar-refractivity contribution is 0.209. The van der Waals surface area contributed by atoms with Crippen molar-refractivity contribution < 1.29 is 0 Å². The van der Waals surface area contributed by atoms with Gasteiger partial charge in [0.05, 0.1) is 6.54 Å². The highest BCUT2D eigenvalue weighted by atomic mass is 35.5. The molecule has 5 nitrogen and oxygen atoms in total. The van der Waals surface area contributed by atoms with Gasteiger partial charge in [0.25, 0.3) is 0 Å². The molecule has 2 aromatic rings. The first-order valence-corrected chi connectivity index (χ1v) is 6.24. The van der Waals surface area contributed by atoms with Gasteiger partial charge in [-0.2, -0.15) is 0 Å². The van der Waals surface area contributed by atoms with Gasteiger partial charge in [0.2, 0.25) is 0 Å². The fourth-order valence-corrected chi connectivity index (χ4v) is 2.46. The lowest BCUT2D eigenvalue weighted by Gasteiger charge is -2.27. The second-order valence-electron chi connectivity index (χ2n) is 4.46. The summed E-state index contributed by atoms with van der Waals surface area (Å²) in [5.41, 5.74) is 7.71. The summed E-state index contributed by atoms with van der Waals surface area (Å²) in [4.78, 5) is 2.28. The predicted octanol–water partition coefficient (Wildman–Crippen LogP) is 1.53. The zero-order chi connectivity index (χ0) is 12.5. The molecule has 2 heterocycles. The Morgan fingerprint density at radius 2 is 2.22 bits per heavy atom. The second kappa shape index (κ2) is 4.59. The molecule has 0 radical (unpaired) electrons. The number of fused-ring (bicyclic) bond motifs is 1. The van der Waals surface area contributed by atoms with Crippen LogP contribution in [-0.2, 0) is 19.6 Å². The zero-order valence-corrected chi connectivity index (χ0v) is 10.6. The van der Waals surface area contributed by atoms with E-state index in [2.05, 4.69) is 19.7 Å². The van der Waals surface area contributed by atoms with Gasteiger partial charge in [-0.25, -0.2) is 0 Å². The molecular weight excluding hydrogens is 250 g/mol. The molecule has 1 aliphatic heterocycles. The van der Waals surface area contributed by atoms with E-state index in [1.807, 2.05) is 18.2 Å². The number of aromatic nitrogens is 3. The number of hydrogen-bond donors (Lipinski definition) is 1. The molecule has 1 aliphatic rings. The molecule has 0 bridgehead atoms. The van der Waals surface area contributed by atoms with E-state index < -0.39 is 0 Å². The fraction of sp³-hybridized carbons (Fsp3) is 0.333. The molecule has 0 atom stereocenters. The van der Waals surface area contributed by atoms with Crippen LogP contribution in [0.25, 0.3) is 0 Å². The molecule has 0 saturated carbocycles. The van der Waals surface area contributed by atoms with Crippen molar-refractivity contribution in [2.24, 2.45) is 0 Å². The van der Waals surface area contributed by atoms with Crippen molar-refractivity contribution in [3.63, 3.8) is 0 Å². The van der Waals surface area contributed by atoms with E-state index in [1.165, 1.54) is 0 Å². The summed E-state index contributed by atoms with van der Waals surface area (Å²) in [6.07, 6.45) is 1.77. The number of benzene rings is 1. The molecule has 0 fully saturated rings. The highest BCUT2D eigenvalue weighted by molar-refractivity contribution is 6.31. The normalized spacial score (nSPS) is 15.6. The van der Waals surface area contributed by atoms with Crippen molar-refractivity contribution in [2.75, 3.05) is 12.3 Å². The summed E-state index contributed by atoms with van der Waals surface area (Å²) >= 11 is 6.19. The van der Waals surface area contributed by atoms with E-state index in [0.717, 1.165) is 48.3 Å². The second-order valence-corrected chi connectivity index (χ2v) is 4.87. The van der Waals surface area contributed by atoms with Crippen LogP contribution in [0.4, 0.5) is 5.69 Å². The van der Waals surface area contributed by atoms with Gasteiger partial charge in [-0.3, -0.25) is 4.90 Å². The standard InChI is InChI=1S/C12H14ClN5/c13-10-2-1-3-11(14)9(10)6-17-4-5-18-8-15-16-12(18)7-17/h1-3,8H,4-7,14H2. The SMILES string of the molecule is Nc1cccc(Cl)c1CN1CCn2cnnc2C1. The van der Waals surface area contributed by atoms with Crippen molar-refractivity contribution in [2.45, 2.75) is 19.6 Å². The van der Waals surface area contributed by atoms with Crippen LogP contribution < -0.4 is 5.73 Å². The highest BCUT2D eigenvalue weighted by Gasteiger charge is 2.19. The molecule has 0 saturated heterocycles. The summed E-state index contributed by atoms with van der Waals surface area (Å²) < 4.78 is 2.08. The van der Waals surface area contributed by atoms with Crippen LogP contribution in [0.1, 0.15) is 11.4 Å². The molecule has 0 aliphatic carbocycles. The van der Waals surface area contributed by atoms with E-state index >= 15 is 0 Å². The molecule has 1 aromatic heterocycles. The zero-order valence-electron chi connectivity index (χ0n) is 9.88. The maximum Gasteiger partial charge on any atom is 0.147 e. The number of nitrogens with two attached hydrogens (primary N) is 1. The maximum atomic E-state index is 6.19. The molecule has 18 heavy (non-hydrogen) atoms. The number of nitrogen functional groups attached to an aromatic ring is 1. The van der Waals surface area contributed by atoms with E-state index in [4.69, 9.17) is 17.3 Å². The van der Waals surface area contributed by atoms with Crippen LogP contribution in [0, 0.1) is 0 Å². The van der Waals surface area contributed by atoms with Gasteiger partial charge in [-0.1, -0.05) is 17.7 Å². The Morgan fingerprint density at radius 3 is 3.06 bits per heavy atom. The lowest BCUT2D eigenvalue weighted by atomic mass is 10.1. The Labute approximate surface area is 110 Å². The van der Waals surface area contributed by atoms with Crippen molar-refractivity contribution in [3.05, 3.63) is 40.9 Å². The van der Waals surface area contributed by atoms with Crippen molar-refractivity contribution in [1.82, 2.24) is 19.7 Å². The van der Waals surface area contributed by atoms with Crippen molar-refractivity contribution in [3.8, 4) is 0 Å². The summed E-state index contributed by atoms with van der Waals surface area (Å²) in [6, 6.07) is 5.63. The summed E-state index contributed by atoms with van der Waals surface area (Å²) in [6.45, 7) is 3.39. The number of hydrogen-bond acceptors (Lipinski definition) is 4. The lowest BCUT2D eigenvalue weighted by Crippen LogP contribution is -2.33. The van der Waals surface area contributed by atoms with Crippen LogP contribution in [0.5, 0.6) is 0 Å². The van der Waals surface area contributed by atoms with E-state index in [9.17, 15) is 0 Å². The first kappa shape index (κ1) is 11.5. The van der Waals surface area contributed by atoms with Gasteiger partial charge in [0, 0.05) is 35.9 Å². The molecule has 0 amide bonds. The van der Waals surface area contributed by atoms with Crippen LogP contribution in [0.15, 0.2) is 24.5 Å². The Morgan fingerprint density at radius 1 is 1.33 bits per heavy atom. The molecule has 2 N–H and O–H groups in total. The quantitative estimate of drug-likeness (QED) is 0.835. The number of anilines is 1. The maximum absolute atomic E-state index is 6.19. The minimum atomic E-state index is 0.724. The third-order valence-corrected chi connectivity index (χ3v) is 3.61. The first-order chi connectivity index (χ1) is 8.74. The molecule has 6 heteroatoms. The first-order valence-electron chi connectivity index (χ1n) is 5.86. The third-order valence-electron chi connectivity index (χ3n) is 3.25. The summed E-state index contributed by atoms with van der Waals surface area (Å²) in [5.74, 6) is 0.992. The van der Waals surface area contributed by atoms with Gasteiger partial charge < -0.3 is 10.3 Å². The van der Waals surface area contributed by atoms with Crippen LogP contribution >= 0.6 is 11.6 Å². The van der Waals surface area contributed by atoms with Crippen LogP contribution in [-0.4, -0.2) is 26.2 Å². The third kappa shape index (κ3) is 2.07. The minimum absolute atomic E-state index is 0.724. The van der Waals surface area contributed by atoms with E-state index in [1.54, 1.807) is 6.33 Å². The highest BCUT2D eigenvalue weighted by Crippen LogP contribution is 2.24. The molecule has 94 valence electrons. The number of halogens is 1. The van der Waals surface area contributed by atoms with Gasteiger partial charge in [0.1, 0.15) is 12.2 Å². The summed E-state index contributed by atoms with van der Waals surface area (Å²) in [5, 5.41) is 8.74. The topological polar surface area (TPSA) is 60.0 Å². The van der Waals surface area contributed by atoms with Crippen molar-refractivity contribution >= 4 is 17.3 Å². The molecular formula is C12H14ClN5. The van der Waals surface area contributed by atoms with Crippen LogP contribution in [0.2, 0.25) is 5.02 Å². The average Bonchev–Trinajstić information content (AvgIpc) is 2.81. The van der Waals surface area contributed by atoms with Gasteiger partial charge in [-0.15, -0.1) is 10.2 Å². The van der Waals surface area contributed by atoms with E-state index in [-0.39, 0.29) is 0 Å². The minimum Gasteiger partial charge on any atom is -0.398 e. The monoisotopic (exact) mass is 263 g/mol. The smallest absolute Gasteiger partial charge is 0.147 e. The molecule has 1 aromatic carbocycles. The van der Waals surface area contributed by atoms with Gasteiger partial charge in [-0.05, 0) is 12.1 Å². The van der Waals surface area contributed by atoms with Crippen LogP contribution in [0.3, 0.4) is 0 Å². The van der Waals surface area contributed by atoms with E-state index in [0.29, 0.717) is 0 Å². The van der Waals surface area contributed by atoms with Crippen molar-refractivity contribution in [1.29, 1.82) is 0 Å². The number of nitrogens with zero attached hydrogens (tertiary/aromatic N) is 4. The molecule has 0 spiro atoms. The molecule has 3 rings (SSSR count). The fourth-order valence-electron chi connectivity index (χ4n) is 2.22. The predicted molar refractivity (Wildman–Crippen MR) is 70.0 cm³/mol. The van der Waals surface area contributed by atoms with Gasteiger partial charge in [0.15, 0.2) is 0 Å². The van der Waals surface area contributed by atoms with Gasteiger partial charge >= 0.3 is 0 Å².